The Labute approximate surface area is 186 Å². The van der Waals surface area contributed by atoms with Crippen molar-refractivity contribution in [3.63, 3.8) is 0 Å². The summed E-state index contributed by atoms with van der Waals surface area (Å²) in [4.78, 5) is 0. The largest absolute Gasteiger partial charge is 0.489 e. The highest BCUT2D eigenvalue weighted by molar-refractivity contribution is 6.35. The van der Waals surface area contributed by atoms with Crippen LogP contribution in [0.3, 0.4) is 0 Å². The molecule has 0 amide bonds. The molecule has 0 unspecified atom stereocenters. The first-order valence-corrected chi connectivity index (χ1v) is 9.68. The third-order valence-electron chi connectivity index (χ3n) is 4.45. The van der Waals surface area contributed by atoms with E-state index in [1.165, 1.54) is 0 Å². The first-order chi connectivity index (χ1) is 13.7. The van der Waals surface area contributed by atoms with Crippen molar-refractivity contribution in [2.45, 2.75) is 19.7 Å². The van der Waals surface area contributed by atoms with Crippen LogP contribution >= 0.6 is 35.6 Å². The van der Waals surface area contributed by atoms with Crippen LogP contribution in [0.2, 0.25) is 10.0 Å². The van der Waals surface area contributed by atoms with Gasteiger partial charge >= 0.3 is 0 Å². The summed E-state index contributed by atoms with van der Waals surface area (Å²) in [7, 11) is 0. The number of hydrogen-bond donors (Lipinski definition) is 1. The van der Waals surface area contributed by atoms with Crippen molar-refractivity contribution in [2.75, 3.05) is 6.79 Å². The first kappa shape index (κ1) is 21.6. The van der Waals surface area contributed by atoms with E-state index in [0.29, 0.717) is 29.7 Å². The number of ether oxygens (including phenoxy) is 3. The van der Waals surface area contributed by atoms with Crippen molar-refractivity contribution in [2.24, 2.45) is 0 Å². The highest BCUT2D eigenvalue weighted by Gasteiger charge is 2.13. The molecule has 0 aromatic heterocycles. The van der Waals surface area contributed by atoms with Crippen molar-refractivity contribution >= 4 is 35.6 Å². The Morgan fingerprint density at radius 3 is 2.55 bits per heavy atom. The smallest absolute Gasteiger partial charge is 0.231 e. The number of para-hydroxylation sites is 1. The minimum absolute atomic E-state index is 0. The Hall–Kier alpha value is -2.11. The topological polar surface area (TPSA) is 39.7 Å². The van der Waals surface area contributed by atoms with E-state index in [2.05, 4.69) is 5.32 Å². The van der Waals surface area contributed by atoms with Crippen LogP contribution in [0.5, 0.6) is 17.2 Å². The van der Waals surface area contributed by atoms with Gasteiger partial charge in [0.2, 0.25) is 6.79 Å². The maximum atomic E-state index is 6.23. The third-order valence-corrected chi connectivity index (χ3v) is 5.04. The molecule has 1 heterocycles. The van der Waals surface area contributed by atoms with Gasteiger partial charge in [-0.2, -0.15) is 0 Å². The van der Waals surface area contributed by atoms with E-state index in [1.54, 1.807) is 6.07 Å². The molecule has 0 aliphatic carbocycles. The van der Waals surface area contributed by atoms with E-state index in [1.807, 2.05) is 54.6 Å². The lowest BCUT2D eigenvalue weighted by molar-refractivity contribution is 0.174. The van der Waals surface area contributed by atoms with Gasteiger partial charge in [0.05, 0.1) is 0 Å². The number of rotatable bonds is 7. The molecule has 0 bridgehead atoms. The number of halogens is 3. The predicted molar refractivity (Wildman–Crippen MR) is 118 cm³/mol. The normalized spacial score (nSPS) is 11.8. The quantitative estimate of drug-likeness (QED) is 0.476. The van der Waals surface area contributed by atoms with Crippen LogP contribution in [0.4, 0.5) is 0 Å². The zero-order valence-electron chi connectivity index (χ0n) is 15.5. The van der Waals surface area contributed by atoms with Crippen LogP contribution in [0.15, 0.2) is 60.7 Å². The molecule has 0 saturated heterocycles. The SMILES string of the molecule is Cl.Clc1ccc(COc2ccccc2CNCc2ccc3c(c2)OCO3)c(Cl)c1. The molecule has 0 fully saturated rings. The summed E-state index contributed by atoms with van der Waals surface area (Å²) >= 11 is 12.2. The van der Waals surface area contributed by atoms with Crippen LogP contribution in [0.1, 0.15) is 16.7 Å². The molecule has 152 valence electrons. The van der Waals surface area contributed by atoms with Gasteiger partial charge in [0.25, 0.3) is 0 Å². The molecule has 0 saturated carbocycles. The van der Waals surface area contributed by atoms with Gasteiger partial charge in [0, 0.05) is 34.3 Å². The maximum absolute atomic E-state index is 6.23. The summed E-state index contributed by atoms with van der Waals surface area (Å²) in [5.41, 5.74) is 3.11. The maximum Gasteiger partial charge on any atom is 0.231 e. The molecule has 1 N–H and O–H groups in total. The monoisotopic (exact) mass is 451 g/mol. The zero-order valence-corrected chi connectivity index (χ0v) is 17.8. The Kier molecular flexibility index (Phi) is 7.51. The Balaban J connectivity index is 0.00000240. The average molecular weight is 453 g/mol. The molecule has 3 aromatic carbocycles. The molecule has 0 atom stereocenters. The second kappa shape index (κ2) is 10.1. The summed E-state index contributed by atoms with van der Waals surface area (Å²) in [6.07, 6.45) is 0. The molecule has 7 heteroatoms. The Bertz CT molecular complexity index is 981. The van der Waals surface area contributed by atoms with Gasteiger partial charge in [-0.3, -0.25) is 0 Å². The number of nitrogens with one attached hydrogen (secondary N) is 1. The van der Waals surface area contributed by atoms with Gasteiger partial charge < -0.3 is 19.5 Å². The van der Waals surface area contributed by atoms with Gasteiger partial charge in [-0.05, 0) is 35.9 Å². The minimum Gasteiger partial charge on any atom is -0.489 e. The van der Waals surface area contributed by atoms with Gasteiger partial charge in [0.1, 0.15) is 12.4 Å². The summed E-state index contributed by atoms with van der Waals surface area (Å²) in [6.45, 7) is 2.07. The minimum atomic E-state index is 0. The van der Waals surface area contributed by atoms with Gasteiger partial charge in [-0.25, -0.2) is 0 Å². The molecule has 3 aromatic rings. The molecular weight excluding hydrogens is 433 g/mol. The summed E-state index contributed by atoms with van der Waals surface area (Å²) in [6, 6.07) is 19.3. The number of benzene rings is 3. The lowest BCUT2D eigenvalue weighted by Crippen LogP contribution is -2.13. The fourth-order valence-corrected chi connectivity index (χ4v) is 3.44. The first-order valence-electron chi connectivity index (χ1n) is 8.93. The van der Waals surface area contributed by atoms with E-state index in [0.717, 1.165) is 33.9 Å². The van der Waals surface area contributed by atoms with Crippen LogP contribution in [-0.4, -0.2) is 6.79 Å². The third kappa shape index (κ3) is 5.49. The molecule has 0 radical (unpaired) electrons. The average Bonchev–Trinajstić information content (AvgIpc) is 3.16. The number of hydrogen-bond acceptors (Lipinski definition) is 4. The van der Waals surface area contributed by atoms with E-state index in [4.69, 9.17) is 37.4 Å². The zero-order chi connectivity index (χ0) is 19.3. The highest BCUT2D eigenvalue weighted by Crippen LogP contribution is 2.32. The van der Waals surface area contributed by atoms with Gasteiger partial charge in [-0.1, -0.05) is 53.5 Å². The van der Waals surface area contributed by atoms with Gasteiger partial charge in [-0.15, -0.1) is 12.4 Å². The molecule has 4 rings (SSSR count). The highest BCUT2D eigenvalue weighted by atomic mass is 35.5. The fraction of sp³-hybridized carbons (Fsp3) is 0.182. The molecule has 1 aliphatic heterocycles. The van der Waals surface area contributed by atoms with E-state index >= 15 is 0 Å². The van der Waals surface area contributed by atoms with Crippen molar-refractivity contribution in [3.8, 4) is 17.2 Å². The molecule has 29 heavy (non-hydrogen) atoms. The van der Waals surface area contributed by atoms with Crippen LogP contribution < -0.4 is 19.5 Å². The van der Waals surface area contributed by atoms with Crippen LogP contribution in [-0.2, 0) is 19.7 Å². The molecule has 1 aliphatic rings. The standard InChI is InChI=1S/C22H19Cl2NO3.ClH/c23-18-7-6-17(19(24)10-18)13-26-20-4-2-1-3-16(20)12-25-11-15-5-8-21-22(9-15)28-14-27-21;/h1-10,25H,11-14H2;1H. The molecule has 0 spiro atoms. The van der Waals surface area contributed by atoms with E-state index in [9.17, 15) is 0 Å². The van der Waals surface area contributed by atoms with Gasteiger partial charge in [0.15, 0.2) is 11.5 Å². The van der Waals surface area contributed by atoms with E-state index < -0.39 is 0 Å². The van der Waals surface area contributed by atoms with Crippen molar-refractivity contribution in [1.82, 2.24) is 5.32 Å². The van der Waals surface area contributed by atoms with Crippen LogP contribution in [0, 0.1) is 0 Å². The van der Waals surface area contributed by atoms with Crippen LogP contribution in [0.25, 0.3) is 0 Å². The lowest BCUT2D eigenvalue weighted by Gasteiger charge is -2.13. The molecular formula is C22H20Cl3NO3. The molecule has 4 nitrogen and oxygen atoms in total. The fourth-order valence-electron chi connectivity index (χ4n) is 2.98. The van der Waals surface area contributed by atoms with Crippen molar-refractivity contribution in [3.05, 3.63) is 87.4 Å². The Morgan fingerprint density at radius 2 is 1.69 bits per heavy atom. The van der Waals surface area contributed by atoms with Crippen molar-refractivity contribution in [1.29, 1.82) is 0 Å². The second-order valence-corrected chi connectivity index (χ2v) is 7.27. The Morgan fingerprint density at radius 1 is 0.862 bits per heavy atom. The van der Waals surface area contributed by atoms with Crippen molar-refractivity contribution < 1.29 is 14.2 Å². The number of fused-ring (bicyclic) bond motifs is 1. The second-order valence-electron chi connectivity index (χ2n) is 6.42. The predicted octanol–water partition coefficient (Wildman–Crippen LogP) is 6.01. The summed E-state index contributed by atoms with van der Waals surface area (Å²) in [5.74, 6) is 2.41. The summed E-state index contributed by atoms with van der Waals surface area (Å²) < 4.78 is 16.8. The summed E-state index contributed by atoms with van der Waals surface area (Å²) in [5, 5.41) is 4.66. The van der Waals surface area contributed by atoms with E-state index in [-0.39, 0.29) is 19.2 Å². The lowest BCUT2D eigenvalue weighted by atomic mass is 10.1.